The Hall–Kier alpha value is -1.63. The van der Waals surface area contributed by atoms with Gasteiger partial charge >= 0.3 is 0 Å². The molecule has 2 rings (SSSR count). The molecule has 0 fully saturated rings. The molecule has 31 heavy (non-hydrogen) atoms. The number of benzene rings is 1. The summed E-state index contributed by atoms with van der Waals surface area (Å²) in [6, 6.07) is 9.16. The predicted molar refractivity (Wildman–Crippen MR) is 134 cm³/mol. The van der Waals surface area contributed by atoms with Crippen molar-refractivity contribution in [1.82, 2.24) is 15.4 Å². The maximum absolute atomic E-state index is 11.8. The molecule has 1 atom stereocenters. The van der Waals surface area contributed by atoms with Crippen LogP contribution in [0.4, 0.5) is 0 Å². The minimum atomic E-state index is -3.33. The maximum atomic E-state index is 11.8. The number of sulfonamides is 1. The zero-order chi connectivity index (χ0) is 22.4. The van der Waals surface area contributed by atoms with Gasteiger partial charge in [-0.3, -0.25) is 0 Å². The molecule has 0 saturated carbocycles. The zero-order valence-electron chi connectivity index (χ0n) is 18.7. The minimum Gasteiger partial charge on any atom is -0.466 e. The summed E-state index contributed by atoms with van der Waals surface area (Å²) >= 11 is 0. The Kier molecular flexibility index (Phi) is 10.5. The molecule has 1 unspecified atom stereocenters. The van der Waals surface area contributed by atoms with E-state index >= 15 is 0 Å². The smallest absolute Gasteiger partial charge is 0.215 e. The Bertz CT molecular complexity index is 987. The summed E-state index contributed by atoms with van der Waals surface area (Å²) in [7, 11) is -1.93. The third-order valence-corrected chi connectivity index (χ3v) is 5.98. The number of nitrogens with one attached hydrogen (secondary N) is 3. The van der Waals surface area contributed by atoms with Gasteiger partial charge in [-0.05, 0) is 51.9 Å². The van der Waals surface area contributed by atoms with E-state index in [1.165, 1.54) is 7.05 Å². The molecule has 0 aliphatic heterocycles. The van der Waals surface area contributed by atoms with Crippen LogP contribution in [0.25, 0.3) is 0 Å². The standard InChI is InChI=1S/C21H32N4O4S.HI/c1-6-23-20(25-14-21(4,26)19-10-15(2)29-16(19)3)24-12-17-8-7-9-18(11-17)13-30(27,28)22-5;/h7-11,22,26H,6,12-14H2,1-5H3,(H2,23,24,25);1H. The van der Waals surface area contributed by atoms with Gasteiger partial charge in [0.25, 0.3) is 0 Å². The lowest BCUT2D eigenvalue weighted by molar-refractivity contribution is 0.0601. The molecule has 0 bridgehead atoms. The summed E-state index contributed by atoms with van der Waals surface area (Å²) in [5, 5.41) is 17.2. The number of rotatable bonds is 9. The third kappa shape index (κ3) is 8.43. The molecule has 0 radical (unpaired) electrons. The highest BCUT2D eigenvalue weighted by Crippen LogP contribution is 2.26. The fourth-order valence-electron chi connectivity index (χ4n) is 3.14. The van der Waals surface area contributed by atoms with Crippen LogP contribution in [-0.2, 0) is 27.9 Å². The molecular weight excluding hydrogens is 531 g/mol. The second kappa shape index (κ2) is 11.8. The van der Waals surface area contributed by atoms with Crippen molar-refractivity contribution in [1.29, 1.82) is 0 Å². The minimum absolute atomic E-state index is 0. The normalized spacial score (nSPS) is 13.9. The molecule has 0 spiro atoms. The van der Waals surface area contributed by atoms with E-state index in [-0.39, 0.29) is 36.3 Å². The van der Waals surface area contributed by atoms with Crippen LogP contribution in [0.1, 0.15) is 42.1 Å². The Morgan fingerprint density at radius 2 is 1.87 bits per heavy atom. The summed E-state index contributed by atoms with van der Waals surface area (Å²) < 4.78 is 31.4. The summed E-state index contributed by atoms with van der Waals surface area (Å²) in [5.74, 6) is 1.92. The second-order valence-corrected chi connectivity index (χ2v) is 9.36. The van der Waals surface area contributed by atoms with Crippen molar-refractivity contribution < 1.29 is 17.9 Å². The molecular formula is C21H33IN4O4S. The molecule has 1 aromatic carbocycles. The number of nitrogens with zero attached hydrogens (tertiary/aromatic N) is 1. The van der Waals surface area contributed by atoms with Crippen LogP contribution >= 0.6 is 24.0 Å². The van der Waals surface area contributed by atoms with Crippen LogP contribution in [-0.4, -0.2) is 39.6 Å². The van der Waals surface area contributed by atoms with Gasteiger partial charge in [0.1, 0.15) is 17.1 Å². The van der Waals surface area contributed by atoms with E-state index in [1.54, 1.807) is 13.0 Å². The number of hydrogen-bond donors (Lipinski definition) is 4. The van der Waals surface area contributed by atoms with Crippen molar-refractivity contribution in [2.24, 2.45) is 4.99 Å². The van der Waals surface area contributed by atoms with Crippen molar-refractivity contribution in [2.45, 2.75) is 45.6 Å². The molecule has 0 aliphatic carbocycles. The van der Waals surface area contributed by atoms with E-state index in [2.05, 4.69) is 20.3 Å². The Balaban J connectivity index is 0.00000480. The molecule has 10 heteroatoms. The van der Waals surface area contributed by atoms with E-state index in [0.717, 1.165) is 16.9 Å². The fraction of sp³-hybridized carbons (Fsp3) is 0.476. The van der Waals surface area contributed by atoms with E-state index < -0.39 is 15.6 Å². The zero-order valence-corrected chi connectivity index (χ0v) is 21.8. The predicted octanol–water partition coefficient (Wildman–Crippen LogP) is 2.53. The van der Waals surface area contributed by atoms with Crippen molar-refractivity contribution >= 4 is 40.0 Å². The summed E-state index contributed by atoms with van der Waals surface area (Å²) in [6.45, 7) is 8.65. The molecule has 0 amide bonds. The lowest BCUT2D eigenvalue weighted by Gasteiger charge is -2.24. The second-order valence-electron chi connectivity index (χ2n) is 7.43. The fourth-order valence-corrected chi connectivity index (χ4v) is 3.90. The van der Waals surface area contributed by atoms with E-state index in [9.17, 15) is 13.5 Å². The molecule has 2 aromatic rings. The Morgan fingerprint density at radius 3 is 2.45 bits per heavy atom. The van der Waals surface area contributed by atoms with Gasteiger partial charge in [-0.1, -0.05) is 24.3 Å². The number of hydrogen-bond acceptors (Lipinski definition) is 5. The molecule has 0 saturated heterocycles. The van der Waals surface area contributed by atoms with Gasteiger partial charge in [0.05, 0.1) is 18.8 Å². The average Bonchev–Trinajstić information content (AvgIpc) is 3.03. The quantitative estimate of drug-likeness (QED) is 0.212. The largest absolute Gasteiger partial charge is 0.466 e. The Morgan fingerprint density at radius 1 is 1.19 bits per heavy atom. The van der Waals surface area contributed by atoms with E-state index in [0.29, 0.717) is 30.4 Å². The molecule has 4 N–H and O–H groups in total. The lowest BCUT2D eigenvalue weighted by Crippen LogP contribution is -2.44. The molecule has 0 aliphatic rings. The number of furan rings is 1. The highest BCUT2D eigenvalue weighted by Gasteiger charge is 2.27. The number of guanidine groups is 1. The van der Waals surface area contributed by atoms with Gasteiger partial charge in [0.2, 0.25) is 10.0 Å². The van der Waals surface area contributed by atoms with Crippen molar-refractivity contribution in [3.8, 4) is 0 Å². The van der Waals surface area contributed by atoms with Crippen LogP contribution in [0.2, 0.25) is 0 Å². The van der Waals surface area contributed by atoms with Gasteiger partial charge in [-0.2, -0.15) is 0 Å². The molecule has 8 nitrogen and oxygen atoms in total. The molecule has 1 heterocycles. The van der Waals surface area contributed by atoms with Gasteiger partial charge < -0.3 is 20.2 Å². The summed E-state index contributed by atoms with van der Waals surface area (Å²) in [4.78, 5) is 4.56. The van der Waals surface area contributed by atoms with Gasteiger partial charge in [0, 0.05) is 12.1 Å². The van der Waals surface area contributed by atoms with Gasteiger partial charge in [-0.25, -0.2) is 18.1 Å². The SMILES string of the molecule is CCNC(=NCc1cccc(CS(=O)(=O)NC)c1)NCC(C)(O)c1cc(C)oc1C.I. The van der Waals surface area contributed by atoms with Crippen LogP contribution < -0.4 is 15.4 Å². The monoisotopic (exact) mass is 564 g/mol. The molecule has 1 aromatic heterocycles. The first-order chi connectivity index (χ1) is 14.1. The van der Waals surface area contributed by atoms with E-state index in [4.69, 9.17) is 4.42 Å². The van der Waals surface area contributed by atoms with Crippen LogP contribution in [0.5, 0.6) is 0 Å². The number of aryl methyl sites for hydroxylation is 2. The van der Waals surface area contributed by atoms with Crippen LogP contribution in [0.3, 0.4) is 0 Å². The topological polar surface area (TPSA) is 116 Å². The van der Waals surface area contributed by atoms with Crippen molar-refractivity contribution in [3.63, 3.8) is 0 Å². The number of aliphatic hydroxyl groups is 1. The average molecular weight is 564 g/mol. The molecule has 174 valence electrons. The van der Waals surface area contributed by atoms with Crippen molar-refractivity contribution in [3.05, 3.63) is 58.5 Å². The van der Waals surface area contributed by atoms with Crippen LogP contribution in [0, 0.1) is 13.8 Å². The third-order valence-electron chi connectivity index (χ3n) is 4.64. The van der Waals surface area contributed by atoms with Gasteiger partial charge in [-0.15, -0.1) is 24.0 Å². The van der Waals surface area contributed by atoms with Crippen LogP contribution in [0.15, 0.2) is 39.7 Å². The Labute approximate surface area is 202 Å². The number of aliphatic imine (C=N–C) groups is 1. The first kappa shape index (κ1) is 27.4. The highest BCUT2D eigenvalue weighted by atomic mass is 127. The highest BCUT2D eigenvalue weighted by molar-refractivity contribution is 14.0. The summed E-state index contributed by atoms with van der Waals surface area (Å²) in [6.07, 6.45) is 0. The van der Waals surface area contributed by atoms with E-state index in [1.807, 2.05) is 45.0 Å². The maximum Gasteiger partial charge on any atom is 0.215 e. The van der Waals surface area contributed by atoms with Gasteiger partial charge in [0.15, 0.2) is 5.96 Å². The first-order valence-corrected chi connectivity index (χ1v) is 11.5. The summed E-state index contributed by atoms with van der Waals surface area (Å²) in [5.41, 5.74) is 1.20. The number of halogens is 1. The first-order valence-electron chi connectivity index (χ1n) is 9.87. The van der Waals surface area contributed by atoms with Crippen molar-refractivity contribution in [2.75, 3.05) is 20.1 Å². The lowest BCUT2D eigenvalue weighted by atomic mass is 9.96.